The zero-order valence-electron chi connectivity index (χ0n) is 13.2. The predicted octanol–water partition coefficient (Wildman–Crippen LogP) is -1.42. The Bertz CT molecular complexity index is 326. The van der Waals surface area contributed by atoms with E-state index in [2.05, 4.69) is 29.0 Å². The summed E-state index contributed by atoms with van der Waals surface area (Å²) in [5.41, 5.74) is 0. The van der Waals surface area contributed by atoms with Crippen LogP contribution in [0.15, 0.2) is 0 Å². The van der Waals surface area contributed by atoms with Crippen LogP contribution in [0, 0.1) is 0 Å². The SMILES string of the molecule is CCN(CC)CCNC(=O)C(=O)N1CCN(CCO)CC1. The van der Waals surface area contributed by atoms with Gasteiger partial charge in [-0.2, -0.15) is 0 Å². The van der Waals surface area contributed by atoms with Crippen LogP contribution in [0.5, 0.6) is 0 Å². The van der Waals surface area contributed by atoms with Gasteiger partial charge in [0.25, 0.3) is 0 Å². The number of nitrogens with one attached hydrogen (secondary N) is 1. The Kier molecular flexibility index (Phi) is 8.26. The van der Waals surface area contributed by atoms with Crippen LogP contribution in [0.4, 0.5) is 0 Å². The molecule has 122 valence electrons. The quantitative estimate of drug-likeness (QED) is 0.565. The van der Waals surface area contributed by atoms with Crippen molar-refractivity contribution in [3.63, 3.8) is 0 Å². The van der Waals surface area contributed by atoms with Crippen LogP contribution < -0.4 is 5.32 Å². The summed E-state index contributed by atoms with van der Waals surface area (Å²) in [6, 6.07) is 0. The zero-order valence-corrected chi connectivity index (χ0v) is 13.2. The summed E-state index contributed by atoms with van der Waals surface area (Å²) < 4.78 is 0. The number of rotatable bonds is 7. The first-order chi connectivity index (χ1) is 10.1. The van der Waals surface area contributed by atoms with Crippen molar-refractivity contribution in [1.29, 1.82) is 0 Å². The summed E-state index contributed by atoms with van der Waals surface area (Å²) in [5, 5.41) is 11.6. The molecule has 0 radical (unpaired) electrons. The van der Waals surface area contributed by atoms with E-state index in [0.29, 0.717) is 39.3 Å². The maximum atomic E-state index is 12.0. The lowest BCUT2D eigenvalue weighted by Gasteiger charge is -2.33. The molecule has 0 unspecified atom stereocenters. The summed E-state index contributed by atoms with van der Waals surface area (Å²) in [4.78, 5) is 29.7. The highest BCUT2D eigenvalue weighted by molar-refractivity contribution is 6.35. The van der Waals surface area contributed by atoms with E-state index >= 15 is 0 Å². The molecule has 0 aliphatic carbocycles. The van der Waals surface area contributed by atoms with Crippen molar-refractivity contribution in [1.82, 2.24) is 20.0 Å². The monoisotopic (exact) mass is 300 g/mol. The number of amides is 2. The minimum Gasteiger partial charge on any atom is -0.395 e. The topological polar surface area (TPSA) is 76.1 Å². The fraction of sp³-hybridized carbons (Fsp3) is 0.857. The first kappa shape index (κ1) is 17.9. The molecule has 1 heterocycles. The van der Waals surface area contributed by atoms with Gasteiger partial charge in [0, 0.05) is 45.8 Å². The van der Waals surface area contributed by atoms with Crippen molar-refractivity contribution in [2.45, 2.75) is 13.8 Å². The third kappa shape index (κ3) is 5.99. The van der Waals surface area contributed by atoms with E-state index in [1.54, 1.807) is 4.90 Å². The maximum Gasteiger partial charge on any atom is 0.311 e. The Labute approximate surface area is 126 Å². The highest BCUT2D eigenvalue weighted by Gasteiger charge is 2.25. The van der Waals surface area contributed by atoms with E-state index in [0.717, 1.165) is 19.6 Å². The first-order valence-electron chi connectivity index (χ1n) is 7.75. The Morgan fingerprint density at radius 2 is 1.76 bits per heavy atom. The Morgan fingerprint density at radius 3 is 2.29 bits per heavy atom. The molecular formula is C14H28N4O3. The Morgan fingerprint density at radius 1 is 1.14 bits per heavy atom. The molecule has 7 heteroatoms. The van der Waals surface area contributed by atoms with E-state index < -0.39 is 11.8 Å². The van der Waals surface area contributed by atoms with Crippen LogP contribution >= 0.6 is 0 Å². The summed E-state index contributed by atoms with van der Waals surface area (Å²) in [7, 11) is 0. The number of carbonyl (C=O) groups is 2. The lowest BCUT2D eigenvalue weighted by atomic mass is 10.3. The normalized spacial score (nSPS) is 16.3. The largest absolute Gasteiger partial charge is 0.395 e. The summed E-state index contributed by atoms with van der Waals surface area (Å²) in [6.07, 6.45) is 0. The molecule has 0 atom stereocenters. The molecule has 1 aliphatic heterocycles. The van der Waals surface area contributed by atoms with Crippen LogP contribution in [0.25, 0.3) is 0 Å². The summed E-state index contributed by atoms with van der Waals surface area (Å²) in [6.45, 7) is 10.5. The molecule has 0 aromatic carbocycles. The second kappa shape index (κ2) is 9.70. The molecule has 1 fully saturated rings. The van der Waals surface area contributed by atoms with E-state index in [1.807, 2.05) is 0 Å². The summed E-state index contributed by atoms with van der Waals surface area (Å²) >= 11 is 0. The van der Waals surface area contributed by atoms with E-state index in [-0.39, 0.29) is 6.61 Å². The van der Waals surface area contributed by atoms with Gasteiger partial charge in [-0.3, -0.25) is 14.5 Å². The number of nitrogens with zero attached hydrogens (tertiary/aromatic N) is 3. The first-order valence-corrected chi connectivity index (χ1v) is 7.75. The van der Waals surface area contributed by atoms with Gasteiger partial charge in [0.15, 0.2) is 0 Å². The molecule has 1 aliphatic rings. The van der Waals surface area contributed by atoms with Crippen molar-refractivity contribution < 1.29 is 14.7 Å². The minimum atomic E-state index is -0.516. The van der Waals surface area contributed by atoms with Crippen LogP contribution in [-0.4, -0.2) is 97.1 Å². The molecule has 7 nitrogen and oxygen atoms in total. The predicted molar refractivity (Wildman–Crippen MR) is 80.9 cm³/mol. The van der Waals surface area contributed by atoms with E-state index in [9.17, 15) is 9.59 Å². The second-order valence-corrected chi connectivity index (χ2v) is 5.14. The van der Waals surface area contributed by atoms with Gasteiger partial charge in [0.05, 0.1) is 6.61 Å². The number of likely N-dealkylation sites (N-methyl/N-ethyl adjacent to an activating group) is 1. The smallest absolute Gasteiger partial charge is 0.311 e. The van der Waals surface area contributed by atoms with Gasteiger partial charge in [-0.1, -0.05) is 13.8 Å². The molecule has 0 aromatic heterocycles. The van der Waals surface area contributed by atoms with Crippen molar-refractivity contribution in [2.75, 3.05) is 65.5 Å². The van der Waals surface area contributed by atoms with Gasteiger partial charge in [-0.05, 0) is 13.1 Å². The number of aliphatic hydroxyl groups excluding tert-OH is 1. The number of aliphatic hydroxyl groups is 1. The number of piperazine rings is 1. The van der Waals surface area contributed by atoms with Crippen molar-refractivity contribution in [3.05, 3.63) is 0 Å². The van der Waals surface area contributed by atoms with Gasteiger partial charge >= 0.3 is 11.8 Å². The van der Waals surface area contributed by atoms with Crippen LogP contribution in [0.1, 0.15) is 13.8 Å². The molecule has 0 aromatic rings. The fourth-order valence-corrected chi connectivity index (χ4v) is 2.40. The molecule has 21 heavy (non-hydrogen) atoms. The number of hydrogen-bond donors (Lipinski definition) is 2. The second-order valence-electron chi connectivity index (χ2n) is 5.14. The van der Waals surface area contributed by atoms with E-state index in [1.165, 1.54) is 0 Å². The van der Waals surface area contributed by atoms with Gasteiger partial charge < -0.3 is 20.2 Å². The van der Waals surface area contributed by atoms with Gasteiger partial charge in [0.1, 0.15) is 0 Å². The standard InChI is InChI=1S/C14H28N4O3/c1-3-16(4-2)6-5-15-13(20)14(21)18-9-7-17(8-10-18)11-12-19/h19H,3-12H2,1-2H3,(H,15,20). The van der Waals surface area contributed by atoms with E-state index in [4.69, 9.17) is 5.11 Å². The van der Waals surface area contributed by atoms with Crippen LogP contribution in [0.2, 0.25) is 0 Å². The molecule has 1 rings (SSSR count). The van der Waals surface area contributed by atoms with Crippen molar-refractivity contribution in [2.24, 2.45) is 0 Å². The highest BCUT2D eigenvalue weighted by atomic mass is 16.3. The zero-order chi connectivity index (χ0) is 15.7. The number of β-amino-alcohol motifs (C(OH)–C–C–N with tert-alkyl or cyclic N) is 1. The number of hydrogen-bond acceptors (Lipinski definition) is 5. The maximum absolute atomic E-state index is 12.0. The molecule has 1 saturated heterocycles. The molecule has 2 amide bonds. The Balaban J connectivity index is 2.27. The highest BCUT2D eigenvalue weighted by Crippen LogP contribution is 2.01. The van der Waals surface area contributed by atoms with Crippen LogP contribution in [0.3, 0.4) is 0 Å². The van der Waals surface area contributed by atoms with Gasteiger partial charge in [-0.25, -0.2) is 0 Å². The van der Waals surface area contributed by atoms with Gasteiger partial charge in [0.2, 0.25) is 0 Å². The molecule has 2 N–H and O–H groups in total. The molecule has 0 bridgehead atoms. The third-order valence-corrected chi connectivity index (χ3v) is 3.88. The van der Waals surface area contributed by atoms with Crippen LogP contribution in [-0.2, 0) is 9.59 Å². The number of carbonyl (C=O) groups excluding carboxylic acids is 2. The molecular weight excluding hydrogens is 272 g/mol. The Hall–Kier alpha value is -1.18. The lowest BCUT2D eigenvalue weighted by molar-refractivity contribution is -0.147. The average molecular weight is 300 g/mol. The minimum absolute atomic E-state index is 0.125. The van der Waals surface area contributed by atoms with Gasteiger partial charge in [-0.15, -0.1) is 0 Å². The van der Waals surface area contributed by atoms with Crippen molar-refractivity contribution >= 4 is 11.8 Å². The molecule has 0 saturated carbocycles. The third-order valence-electron chi connectivity index (χ3n) is 3.88. The lowest BCUT2D eigenvalue weighted by Crippen LogP contribution is -2.53. The summed E-state index contributed by atoms with van der Waals surface area (Å²) in [5.74, 6) is -0.962. The fourth-order valence-electron chi connectivity index (χ4n) is 2.40. The van der Waals surface area contributed by atoms with Crippen molar-refractivity contribution in [3.8, 4) is 0 Å². The molecule has 0 spiro atoms. The average Bonchev–Trinajstić information content (AvgIpc) is 2.52.